The van der Waals surface area contributed by atoms with E-state index in [1.807, 2.05) is 31.1 Å². The number of rotatable bonds is 12. The van der Waals surface area contributed by atoms with Crippen molar-refractivity contribution in [3.8, 4) is 5.75 Å². The van der Waals surface area contributed by atoms with E-state index < -0.39 is 11.7 Å². The molecule has 1 aromatic heterocycles. The van der Waals surface area contributed by atoms with Crippen LogP contribution in [0.5, 0.6) is 5.75 Å². The van der Waals surface area contributed by atoms with Crippen LogP contribution < -0.4 is 9.64 Å². The summed E-state index contributed by atoms with van der Waals surface area (Å²) in [4.78, 5) is 9.33. The Morgan fingerprint density at radius 1 is 1.09 bits per heavy atom. The predicted molar refractivity (Wildman–Crippen MR) is 135 cm³/mol. The Morgan fingerprint density at radius 2 is 1.85 bits per heavy atom. The van der Waals surface area contributed by atoms with E-state index in [9.17, 15) is 13.2 Å². The van der Waals surface area contributed by atoms with Gasteiger partial charge in [0, 0.05) is 35.1 Å². The smallest absolute Gasteiger partial charge is 0.420 e. The molecule has 0 saturated heterocycles. The zero-order chi connectivity index (χ0) is 24.6. The molecule has 0 radical (unpaired) electrons. The molecule has 3 rings (SSSR count). The molecule has 1 aromatic carbocycles. The minimum atomic E-state index is -4.50. The Morgan fingerprint density at radius 3 is 2.53 bits per heavy atom. The topological polar surface area (TPSA) is 28.6 Å². The molecule has 0 bridgehead atoms. The summed E-state index contributed by atoms with van der Waals surface area (Å²) in [6.07, 6.45) is 5.30. The Hall–Kier alpha value is -2.19. The Balaban J connectivity index is 1.83. The molecule has 2 aromatic rings. The van der Waals surface area contributed by atoms with E-state index >= 15 is 0 Å². The number of hydrogen-bond acceptors (Lipinski definition) is 5. The van der Waals surface area contributed by atoms with Gasteiger partial charge < -0.3 is 14.5 Å². The van der Waals surface area contributed by atoms with Crippen molar-refractivity contribution in [2.75, 3.05) is 38.0 Å². The molecule has 4 nitrogen and oxygen atoms in total. The molecule has 0 spiro atoms. The van der Waals surface area contributed by atoms with Crippen LogP contribution in [-0.2, 0) is 6.18 Å². The zero-order valence-electron chi connectivity index (χ0n) is 20.2. The number of likely N-dealkylation sites (N-methyl/N-ethyl adjacent to an activating group) is 1. The van der Waals surface area contributed by atoms with Gasteiger partial charge in [-0.3, -0.25) is 4.98 Å². The fourth-order valence-electron chi connectivity index (χ4n) is 3.95. The van der Waals surface area contributed by atoms with Crippen LogP contribution in [0.2, 0.25) is 0 Å². The highest BCUT2D eigenvalue weighted by atomic mass is 32.2. The third-order valence-corrected chi connectivity index (χ3v) is 6.69. The summed E-state index contributed by atoms with van der Waals surface area (Å²) in [7, 11) is 3.96. The van der Waals surface area contributed by atoms with Gasteiger partial charge in [-0.2, -0.15) is 13.2 Å². The molecule has 0 saturated carbocycles. The third kappa shape index (κ3) is 7.15. The number of benzene rings is 1. The van der Waals surface area contributed by atoms with Gasteiger partial charge >= 0.3 is 6.18 Å². The van der Waals surface area contributed by atoms with Crippen LogP contribution in [0, 0.1) is 0 Å². The average molecular weight is 494 g/mol. The number of ether oxygens (including phenoxy) is 1. The second-order valence-corrected chi connectivity index (χ2v) is 9.79. The molecule has 34 heavy (non-hydrogen) atoms. The summed E-state index contributed by atoms with van der Waals surface area (Å²) in [5, 5.41) is 0. The van der Waals surface area contributed by atoms with Gasteiger partial charge in [0.05, 0.1) is 23.7 Å². The van der Waals surface area contributed by atoms with Crippen LogP contribution in [0.15, 0.2) is 47.6 Å². The van der Waals surface area contributed by atoms with Gasteiger partial charge in [-0.25, -0.2) is 0 Å². The van der Waals surface area contributed by atoms with E-state index in [-0.39, 0.29) is 5.75 Å². The monoisotopic (exact) mass is 493 g/mol. The first-order chi connectivity index (χ1) is 16.3. The van der Waals surface area contributed by atoms with Gasteiger partial charge in [0.15, 0.2) is 0 Å². The fraction of sp³-hybridized carbons (Fsp3) is 0.500. The minimum absolute atomic E-state index is 0.0999. The zero-order valence-corrected chi connectivity index (χ0v) is 21.0. The number of thioether (sulfide) groups is 1. The molecule has 0 N–H and O–H groups in total. The predicted octanol–water partition coefficient (Wildman–Crippen LogP) is 7.28. The van der Waals surface area contributed by atoms with Crippen molar-refractivity contribution < 1.29 is 17.9 Å². The second-order valence-electron chi connectivity index (χ2n) is 8.75. The summed E-state index contributed by atoms with van der Waals surface area (Å²) in [5.74, 6) is 0.444. The molecule has 0 fully saturated rings. The van der Waals surface area contributed by atoms with Gasteiger partial charge in [0.2, 0.25) is 0 Å². The molecule has 186 valence electrons. The summed E-state index contributed by atoms with van der Waals surface area (Å²) in [6, 6.07) is 8.19. The fourth-order valence-corrected chi connectivity index (χ4v) is 5.23. The Bertz CT molecular complexity index is 948. The lowest BCUT2D eigenvalue weighted by atomic mass is 10.1. The molecule has 2 heterocycles. The van der Waals surface area contributed by atoms with Crippen LogP contribution in [0.1, 0.15) is 56.6 Å². The van der Waals surface area contributed by atoms with E-state index in [0.717, 1.165) is 41.8 Å². The van der Waals surface area contributed by atoms with Gasteiger partial charge in [-0.1, -0.05) is 39.0 Å². The van der Waals surface area contributed by atoms with E-state index in [1.54, 1.807) is 30.2 Å². The number of hydrogen-bond donors (Lipinski definition) is 0. The van der Waals surface area contributed by atoms with E-state index in [4.69, 9.17) is 4.74 Å². The van der Waals surface area contributed by atoms with Crippen molar-refractivity contribution in [3.63, 3.8) is 0 Å². The van der Waals surface area contributed by atoms with Crippen molar-refractivity contribution in [2.24, 2.45) is 0 Å². The first-order valence-electron chi connectivity index (χ1n) is 11.8. The summed E-state index contributed by atoms with van der Waals surface area (Å²) in [5.41, 5.74) is 1.56. The molecule has 1 aliphatic heterocycles. The van der Waals surface area contributed by atoms with Gasteiger partial charge in [-0.15, -0.1) is 11.8 Å². The van der Waals surface area contributed by atoms with Crippen molar-refractivity contribution >= 4 is 23.1 Å². The van der Waals surface area contributed by atoms with Crippen molar-refractivity contribution in [1.82, 2.24) is 9.88 Å². The molecule has 0 aliphatic carbocycles. The normalized spacial score (nSPS) is 14.4. The number of unbranched alkanes of at least 4 members (excludes halogenated alkanes) is 5. The van der Waals surface area contributed by atoms with E-state index in [0.29, 0.717) is 24.7 Å². The van der Waals surface area contributed by atoms with Crippen LogP contribution in [-0.4, -0.2) is 43.0 Å². The maximum atomic E-state index is 14.0. The molecular formula is C26H34F3N3OS. The van der Waals surface area contributed by atoms with E-state index in [2.05, 4.69) is 16.8 Å². The number of halogens is 3. The maximum absolute atomic E-state index is 14.0. The van der Waals surface area contributed by atoms with E-state index in [1.165, 1.54) is 25.0 Å². The highest BCUT2D eigenvalue weighted by Gasteiger charge is 2.36. The number of pyridine rings is 1. The summed E-state index contributed by atoms with van der Waals surface area (Å²) < 4.78 is 47.5. The van der Waals surface area contributed by atoms with Gasteiger partial charge in [0.25, 0.3) is 0 Å². The molecule has 0 atom stereocenters. The Labute approximate surface area is 205 Å². The maximum Gasteiger partial charge on any atom is 0.420 e. The Kier molecular flexibility index (Phi) is 9.71. The van der Waals surface area contributed by atoms with Crippen molar-refractivity contribution in [1.29, 1.82) is 0 Å². The highest BCUT2D eigenvalue weighted by molar-refractivity contribution is 8.03. The number of nitrogens with zero attached hydrogens (tertiary/aromatic N) is 3. The molecule has 0 amide bonds. The number of alkyl halides is 3. The van der Waals surface area contributed by atoms with Crippen molar-refractivity contribution in [3.05, 3.63) is 58.8 Å². The van der Waals surface area contributed by atoms with Crippen LogP contribution >= 0.6 is 11.8 Å². The minimum Gasteiger partial charge on any atom is -0.493 e. The lowest BCUT2D eigenvalue weighted by molar-refractivity contribution is -0.138. The average Bonchev–Trinajstić information content (AvgIpc) is 3.21. The quantitative estimate of drug-likeness (QED) is 0.290. The molecule has 8 heteroatoms. The summed E-state index contributed by atoms with van der Waals surface area (Å²) >= 11 is 1.64. The lowest BCUT2D eigenvalue weighted by Gasteiger charge is -2.24. The second kappa shape index (κ2) is 12.5. The SMILES string of the molecule is CCCCCCCCOc1ccc(N2CSC(CN(C)C)=C2c2cccnc2)cc1C(F)(F)F. The van der Waals surface area contributed by atoms with Crippen molar-refractivity contribution in [2.45, 2.75) is 51.6 Å². The molecule has 0 unspecified atom stereocenters. The van der Waals surface area contributed by atoms with Crippen LogP contribution in [0.25, 0.3) is 5.70 Å². The summed E-state index contributed by atoms with van der Waals surface area (Å²) in [6.45, 7) is 3.16. The van der Waals surface area contributed by atoms with Crippen LogP contribution in [0.3, 0.4) is 0 Å². The van der Waals surface area contributed by atoms with Crippen LogP contribution in [0.4, 0.5) is 18.9 Å². The lowest BCUT2D eigenvalue weighted by Crippen LogP contribution is -2.20. The van der Waals surface area contributed by atoms with Gasteiger partial charge in [0.1, 0.15) is 5.75 Å². The van der Waals surface area contributed by atoms with Gasteiger partial charge in [-0.05, 0) is 50.8 Å². The molecule has 1 aliphatic rings. The first-order valence-corrected chi connectivity index (χ1v) is 12.8. The first kappa shape index (κ1) is 26.4. The standard InChI is InChI=1S/C26H34F3N3OS/c1-4-5-6-7-8-9-15-33-23-13-12-21(16-22(23)26(27,28)29)32-19-34-24(18-31(2)3)25(32)20-11-10-14-30-17-20/h10-14,16-17H,4-9,15,18-19H2,1-3H3. The highest BCUT2D eigenvalue weighted by Crippen LogP contribution is 2.44. The molecular weight excluding hydrogens is 459 g/mol. The third-order valence-electron chi connectivity index (χ3n) is 5.63. The largest absolute Gasteiger partial charge is 0.493 e. The number of anilines is 1. The number of aromatic nitrogens is 1.